The minimum Gasteiger partial charge on any atom is -0.360 e. The Morgan fingerprint density at radius 1 is 1.42 bits per heavy atom. The van der Waals surface area contributed by atoms with Crippen molar-refractivity contribution in [1.29, 1.82) is 0 Å². The van der Waals surface area contributed by atoms with Gasteiger partial charge in [-0.25, -0.2) is 4.99 Å². The Kier molecular flexibility index (Phi) is 5.18. The lowest BCUT2D eigenvalue weighted by molar-refractivity contribution is 0.175. The number of aromatic amines is 1. The first kappa shape index (κ1) is 18.3. The van der Waals surface area contributed by atoms with Crippen LogP contribution in [0.2, 0.25) is 0 Å². The smallest absolute Gasteiger partial charge is 0.176 e. The maximum atomic E-state index is 5.90. The average molecular weight is 353 g/mol. The fourth-order valence-corrected chi connectivity index (χ4v) is 3.28. The molecule has 3 N–H and O–H groups in total. The molecule has 7 heteroatoms. The summed E-state index contributed by atoms with van der Waals surface area (Å²) in [6, 6.07) is 3.87. The molecule has 0 amide bonds. The molecule has 2 aromatic rings. The number of nitrogens with one attached hydrogen (secondary N) is 1. The molecule has 0 aliphatic carbocycles. The summed E-state index contributed by atoms with van der Waals surface area (Å²) in [6.45, 7) is 12.6. The number of aliphatic imine (C=N–C) groups is 2. The van der Waals surface area contributed by atoms with Crippen molar-refractivity contribution < 1.29 is 0 Å². The fourth-order valence-electron chi connectivity index (χ4n) is 3.28. The van der Waals surface area contributed by atoms with Gasteiger partial charge in [0.25, 0.3) is 0 Å². The van der Waals surface area contributed by atoms with Gasteiger partial charge in [-0.2, -0.15) is 5.10 Å². The molecule has 0 spiro atoms. The lowest BCUT2D eigenvalue weighted by Gasteiger charge is -2.39. The molecule has 0 radical (unpaired) electrons. The number of nitrogens with two attached hydrogens (primary N) is 1. The van der Waals surface area contributed by atoms with Crippen molar-refractivity contribution in [2.75, 3.05) is 19.6 Å². The fraction of sp³-hybridized carbons (Fsp3) is 0.474. The number of pyridine rings is 1. The molecule has 3 heterocycles. The van der Waals surface area contributed by atoms with Crippen molar-refractivity contribution in [1.82, 2.24) is 20.1 Å². The number of H-pyrrole nitrogens is 1. The van der Waals surface area contributed by atoms with Gasteiger partial charge in [0, 0.05) is 30.5 Å². The molecule has 1 saturated heterocycles. The number of amidine groups is 1. The molecule has 3 rings (SSSR count). The lowest BCUT2D eigenvalue weighted by atomic mass is 9.80. The second-order valence-corrected chi connectivity index (χ2v) is 7.22. The van der Waals surface area contributed by atoms with Gasteiger partial charge in [-0.1, -0.05) is 6.92 Å². The average Bonchev–Trinajstić information content (AvgIpc) is 3.05. The van der Waals surface area contributed by atoms with Gasteiger partial charge in [0.05, 0.1) is 0 Å². The number of hydrogen-bond donors (Lipinski definition) is 2. The number of hydrogen-bond acceptors (Lipinski definition) is 5. The van der Waals surface area contributed by atoms with Gasteiger partial charge in [0.1, 0.15) is 17.2 Å². The number of aromatic nitrogens is 3. The van der Waals surface area contributed by atoms with Gasteiger partial charge in [0.2, 0.25) is 0 Å². The summed E-state index contributed by atoms with van der Waals surface area (Å²) in [5, 5.41) is 7.41. The van der Waals surface area contributed by atoms with Gasteiger partial charge < -0.3 is 10.6 Å². The second-order valence-electron chi connectivity index (χ2n) is 7.22. The number of rotatable bonds is 4. The van der Waals surface area contributed by atoms with Crippen LogP contribution in [0, 0.1) is 12.3 Å². The highest BCUT2D eigenvalue weighted by molar-refractivity contribution is 5.87. The third-order valence-electron chi connectivity index (χ3n) is 5.34. The van der Waals surface area contributed by atoms with Crippen molar-refractivity contribution in [2.24, 2.45) is 21.1 Å². The van der Waals surface area contributed by atoms with Crippen LogP contribution in [-0.2, 0) is 0 Å². The Bertz CT molecular complexity index is 813. The summed E-state index contributed by atoms with van der Waals surface area (Å²) in [4.78, 5) is 15.5. The van der Waals surface area contributed by atoms with Gasteiger partial charge in [-0.05, 0) is 57.5 Å². The van der Waals surface area contributed by atoms with Crippen molar-refractivity contribution in [3.8, 4) is 11.3 Å². The van der Waals surface area contributed by atoms with Crippen LogP contribution in [0.5, 0.6) is 0 Å². The molecule has 1 fully saturated rings. The molecule has 7 nitrogen and oxygen atoms in total. The maximum absolute atomic E-state index is 5.90. The monoisotopic (exact) mass is 353 g/mol. The van der Waals surface area contributed by atoms with Crippen molar-refractivity contribution >= 4 is 24.1 Å². The summed E-state index contributed by atoms with van der Waals surface area (Å²) in [5.74, 6) is 1.58. The zero-order valence-corrected chi connectivity index (χ0v) is 15.8. The van der Waals surface area contributed by atoms with E-state index in [2.05, 4.69) is 38.7 Å². The van der Waals surface area contributed by atoms with Crippen molar-refractivity contribution in [3.05, 3.63) is 24.0 Å². The van der Waals surface area contributed by atoms with Crippen LogP contribution in [-0.4, -0.2) is 52.3 Å². The molecule has 0 saturated carbocycles. The normalized spacial score (nSPS) is 17.4. The summed E-state index contributed by atoms with van der Waals surface area (Å²) >= 11 is 0. The van der Waals surface area contributed by atoms with E-state index in [9.17, 15) is 0 Å². The van der Waals surface area contributed by atoms with Crippen LogP contribution in [0.4, 0.5) is 11.5 Å². The quantitative estimate of drug-likeness (QED) is 0.651. The Balaban J connectivity index is 1.85. The van der Waals surface area contributed by atoms with Gasteiger partial charge >= 0.3 is 0 Å². The first-order valence-corrected chi connectivity index (χ1v) is 8.95. The molecule has 0 atom stereocenters. The highest BCUT2D eigenvalue weighted by Gasteiger charge is 2.29. The Morgan fingerprint density at radius 2 is 2.15 bits per heavy atom. The molecule has 2 aromatic heterocycles. The molecule has 1 aliphatic heterocycles. The van der Waals surface area contributed by atoms with E-state index < -0.39 is 0 Å². The first-order chi connectivity index (χ1) is 12.5. The Labute approximate surface area is 154 Å². The van der Waals surface area contributed by atoms with Gasteiger partial charge in [-0.15, -0.1) is 0 Å². The van der Waals surface area contributed by atoms with Crippen molar-refractivity contribution in [2.45, 2.75) is 33.6 Å². The summed E-state index contributed by atoms with van der Waals surface area (Å²) in [5.41, 5.74) is 9.36. The summed E-state index contributed by atoms with van der Waals surface area (Å²) in [7, 11) is 0. The molecule has 138 valence electrons. The molecule has 0 bridgehead atoms. The SMILES string of the molecule is C=Nc1c(-c2cccnc2C)n[nH]c1/N=C(\C)N1CCC(C)(CN)CC1. The van der Waals surface area contributed by atoms with E-state index in [1.54, 1.807) is 6.20 Å². The van der Waals surface area contributed by atoms with E-state index in [4.69, 9.17) is 10.7 Å². The van der Waals surface area contributed by atoms with E-state index >= 15 is 0 Å². The van der Waals surface area contributed by atoms with E-state index in [0.29, 0.717) is 11.5 Å². The molecular formula is C19H27N7. The largest absolute Gasteiger partial charge is 0.360 e. The minimum atomic E-state index is 0.240. The van der Waals surface area contributed by atoms with E-state index in [1.807, 2.05) is 26.0 Å². The molecule has 0 aromatic carbocycles. The third kappa shape index (κ3) is 3.53. The van der Waals surface area contributed by atoms with E-state index in [0.717, 1.165) is 55.3 Å². The topological polar surface area (TPSA) is 95.5 Å². The number of piperidine rings is 1. The maximum Gasteiger partial charge on any atom is 0.176 e. The van der Waals surface area contributed by atoms with Crippen LogP contribution in [0.15, 0.2) is 28.3 Å². The highest BCUT2D eigenvalue weighted by atomic mass is 15.2. The molecule has 1 aliphatic rings. The van der Waals surface area contributed by atoms with Crippen molar-refractivity contribution in [3.63, 3.8) is 0 Å². The lowest BCUT2D eigenvalue weighted by Crippen LogP contribution is -2.44. The van der Waals surface area contributed by atoms with Gasteiger partial charge in [-0.3, -0.25) is 15.1 Å². The number of aryl methyl sites for hydroxylation is 1. The predicted molar refractivity (Wildman–Crippen MR) is 107 cm³/mol. The number of nitrogens with zero attached hydrogens (tertiary/aromatic N) is 5. The molecule has 0 unspecified atom stereocenters. The summed E-state index contributed by atoms with van der Waals surface area (Å²) < 4.78 is 0. The standard InChI is InChI=1S/C19H27N7/c1-13-15(6-5-9-22-13)16-17(21-4)18(25-24-16)23-14(2)26-10-7-19(3,12-20)8-11-26/h5-6,9H,4,7-8,10-12,20H2,1-3H3,(H,24,25)/b23-14+. The third-order valence-corrected chi connectivity index (χ3v) is 5.34. The Morgan fingerprint density at radius 3 is 2.77 bits per heavy atom. The van der Waals surface area contributed by atoms with E-state index in [1.165, 1.54) is 0 Å². The second kappa shape index (κ2) is 7.37. The van der Waals surface area contributed by atoms with Crippen LogP contribution < -0.4 is 5.73 Å². The summed E-state index contributed by atoms with van der Waals surface area (Å²) in [6.07, 6.45) is 3.92. The van der Waals surface area contributed by atoms with Crippen LogP contribution in [0.1, 0.15) is 32.4 Å². The predicted octanol–water partition coefficient (Wildman–Crippen LogP) is 3.22. The molecule has 26 heavy (non-hydrogen) atoms. The zero-order chi connectivity index (χ0) is 18.7. The first-order valence-electron chi connectivity index (χ1n) is 8.95. The van der Waals surface area contributed by atoms with E-state index in [-0.39, 0.29) is 5.41 Å². The van der Waals surface area contributed by atoms with Crippen LogP contribution in [0.3, 0.4) is 0 Å². The van der Waals surface area contributed by atoms with Gasteiger partial charge in [0.15, 0.2) is 5.82 Å². The highest BCUT2D eigenvalue weighted by Crippen LogP contribution is 2.37. The number of likely N-dealkylation sites (tertiary alicyclic amines) is 1. The zero-order valence-electron chi connectivity index (χ0n) is 15.8. The van der Waals surface area contributed by atoms with Crippen LogP contribution in [0.25, 0.3) is 11.3 Å². The minimum absolute atomic E-state index is 0.240. The Hall–Kier alpha value is -2.54. The van der Waals surface area contributed by atoms with Crippen LogP contribution >= 0.6 is 0 Å². The molecular weight excluding hydrogens is 326 g/mol.